The van der Waals surface area contributed by atoms with Crippen LogP contribution in [0.25, 0.3) is 0 Å². The molecule has 0 aromatic rings. The molecule has 0 aliphatic carbocycles. The standard InChI is InChI=1S/C8H17FO/c1-8(2,3)10-7-5-4-6-9/h4-7H2,1-3H3. The zero-order valence-corrected chi connectivity index (χ0v) is 7.11. The molecule has 0 spiro atoms. The number of unbranched alkanes of at least 4 members (excludes halogenated alkanes) is 1. The van der Waals surface area contributed by atoms with E-state index in [0.29, 0.717) is 13.0 Å². The second-order valence-electron chi connectivity index (χ2n) is 3.36. The van der Waals surface area contributed by atoms with E-state index in [2.05, 4.69) is 0 Å². The molecular formula is C8H17FO. The quantitative estimate of drug-likeness (QED) is 0.557. The molecule has 0 fully saturated rings. The van der Waals surface area contributed by atoms with E-state index in [4.69, 9.17) is 4.74 Å². The molecule has 2 heteroatoms. The summed E-state index contributed by atoms with van der Waals surface area (Å²) in [5, 5.41) is 0. The SMILES string of the molecule is CC(C)(C)OCCCCF. The van der Waals surface area contributed by atoms with Gasteiger partial charge in [0.1, 0.15) is 0 Å². The minimum atomic E-state index is -0.229. The maximum atomic E-state index is 11.6. The van der Waals surface area contributed by atoms with Gasteiger partial charge in [-0.05, 0) is 33.6 Å². The minimum Gasteiger partial charge on any atom is -0.376 e. The van der Waals surface area contributed by atoms with Crippen LogP contribution in [-0.2, 0) is 4.74 Å². The fourth-order valence-corrected chi connectivity index (χ4v) is 0.575. The van der Waals surface area contributed by atoms with Gasteiger partial charge in [-0.1, -0.05) is 0 Å². The second kappa shape index (κ2) is 4.67. The second-order valence-corrected chi connectivity index (χ2v) is 3.36. The van der Waals surface area contributed by atoms with Crippen molar-refractivity contribution >= 4 is 0 Å². The summed E-state index contributed by atoms with van der Waals surface area (Å²) in [4.78, 5) is 0. The Bertz CT molecular complexity index is 75.8. The highest BCUT2D eigenvalue weighted by molar-refractivity contribution is 4.58. The van der Waals surface area contributed by atoms with Gasteiger partial charge in [0.15, 0.2) is 0 Å². The summed E-state index contributed by atoms with van der Waals surface area (Å²) < 4.78 is 16.9. The van der Waals surface area contributed by atoms with Gasteiger partial charge in [0.25, 0.3) is 0 Å². The molecule has 62 valence electrons. The van der Waals surface area contributed by atoms with E-state index in [1.54, 1.807) is 0 Å². The van der Waals surface area contributed by atoms with Crippen molar-refractivity contribution in [3.8, 4) is 0 Å². The van der Waals surface area contributed by atoms with Gasteiger partial charge in [-0.25, -0.2) is 0 Å². The molecule has 0 rings (SSSR count). The van der Waals surface area contributed by atoms with Crippen molar-refractivity contribution in [2.24, 2.45) is 0 Å². The molecule has 0 aromatic carbocycles. The van der Waals surface area contributed by atoms with E-state index in [-0.39, 0.29) is 12.3 Å². The molecule has 10 heavy (non-hydrogen) atoms. The number of hydrogen-bond acceptors (Lipinski definition) is 1. The Balaban J connectivity index is 3.04. The topological polar surface area (TPSA) is 9.23 Å². The molecule has 0 aromatic heterocycles. The first kappa shape index (κ1) is 9.89. The first-order chi connectivity index (χ1) is 4.56. The van der Waals surface area contributed by atoms with Crippen LogP contribution >= 0.6 is 0 Å². The molecule has 0 aliphatic rings. The lowest BCUT2D eigenvalue weighted by Gasteiger charge is -2.18. The lowest BCUT2D eigenvalue weighted by Crippen LogP contribution is -2.19. The van der Waals surface area contributed by atoms with E-state index >= 15 is 0 Å². The van der Waals surface area contributed by atoms with Crippen molar-refractivity contribution in [1.82, 2.24) is 0 Å². The number of hydrogen-bond donors (Lipinski definition) is 0. The van der Waals surface area contributed by atoms with Gasteiger partial charge in [0, 0.05) is 6.61 Å². The fraction of sp³-hybridized carbons (Fsp3) is 1.00. The Morgan fingerprint density at radius 3 is 2.20 bits per heavy atom. The van der Waals surface area contributed by atoms with Gasteiger partial charge < -0.3 is 4.74 Å². The van der Waals surface area contributed by atoms with E-state index in [1.807, 2.05) is 20.8 Å². The number of rotatable bonds is 4. The van der Waals surface area contributed by atoms with Crippen molar-refractivity contribution in [2.45, 2.75) is 39.2 Å². The van der Waals surface area contributed by atoms with Gasteiger partial charge in [-0.15, -0.1) is 0 Å². The first-order valence-electron chi connectivity index (χ1n) is 3.76. The lowest BCUT2D eigenvalue weighted by atomic mass is 10.2. The van der Waals surface area contributed by atoms with Gasteiger partial charge in [-0.3, -0.25) is 4.39 Å². The minimum absolute atomic E-state index is 0.0731. The third-order valence-electron chi connectivity index (χ3n) is 1.06. The molecule has 0 N–H and O–H groups in total. The Morgan fingerprint density at radius 2 is 1.80 bits per heavy atom. The fourth-order valence-electron chi connectivity index (χ4n) is 0.575. The molecule has 0 unspecified atom stereocenters. The van der Waals surface area contributed by atoms with Crippen LogP contribution in [0.2, 0.25) is 0 Å². The molecule has 0 atom stereocenters. The highest BCUT2D eigenvalue weighted by Crippen LogP contribution is 2.07. The smallest absolute Gasteiger partial charge is 0.0895 e. The van der Waals surface area contributed by atoms with Crippen molar-refractivity contribution in [3.05, 3.63) is 0 Å². The van der Waals surface area contributed by atoms with Crippen LogP contribution in [-0.4, -0.2) is 18.9 Å². The zero-order chi connectivity index (χ0) is 8.04. The average Bonchev–Trinajstić information content (AvgIpc) is 1.78. The Labute approximate surface area is 62.6 Å². The molecule has 0 aliphatic heterocycles. The number of halogens is 1. The van der Waals surface area contributed by atoms with Gasteiger partial charge >= 0.3 is 0 Å². The normalized spacial score (nSPS) is 12.0. The zero-order valence-electron chi connectivity index (χ0n) is 7.11. The Hall–Kier alpha value is -0.110. The van der Waals surface area contributed by atoms with Crippen LogP contribution in [0.5, 0.6) is 0 Å². The molecule has 0 saturated heterocycles. The van der Waals surface area contributed by atoms with E-state index in [0.717, 1.165) is 6.42 Å². The van der Waals surface area contributed by atoms with Crippen LogP contribution in [0.4, 0.5) is 4.39 Å². The van der Waals surface area contributed by atoms with Gasteiger partial charge in [0.05, 0.1) is 12.3 Å². The van der Waals surface area contributed by atoms with Crippen molar-refractivity contribution < 1.29 is 9.13 Å². The summed E-state index contributed by atoms with van der Waals surface area (Å²) in [6.45, 7) is 6.45. The first-order valence-corrected chi connectivity index (χ1v) is 3.76. The molecular weight excluding hydrogens is 131 g/mol. The number of ether oxygens (including phenoxy) is 1. The summed E-state index contributed by atoms with van der Waals surface area (Å²) in [5.74, 6) is 0. The molecule has 0 bridgehead atoms. The predicted molar refractivity (Wildman–Crippen MR) is 40.9 cm³/mol. The van der Waals surface area contributed by atoms with Crippen LogP contribution in [0.15, 0.2) is 0 Å². The summed E-state index contributed by atoms with van der Waals surface area (Å²) in [7, 11) is 0. The Morgan fingerprint density at radius 1 is 1.20 bits per heavy atom. The van der Waals surface area contributed by atoms with Crippen LogP contribution in [0.3, 0.4) is 0 Å². The molecule has 1 nitrogen and oxygen atoms in total. The summed E-state index contributed by atoms with van der Waals surface area (Å²) in [6.07, 6.45) is 1.45. The maximum Gasteiger partial charge on any atom is 0.0895 e. The maximum absolute atomic E-state index is 11.6. The average molecular weight is 148 g/mol. The van der Waals surface area contributed by atoms with Gasteiger partial charge in [0.2, 0.25) is 0 Å². The van der Waals surface area contributed by atoms with Crippen molar-refractivity contribution in [3.63, 3.8) is 0 Å². The third-order valence-corrected chi connectivity index (χ3v) is 1.06. The van der Waals surface area contributed by atoms with Gasteiger partial charge in [-0.2, -0.15) is 0 Å². The van der Waals surface area contributed by atoms with Crippen LogP contribution in [0, 0.1) is 0 Å². The van der Waals surface area contributed by atoms with E-state index < -0.39 is 0 Å². The van der Waals surface area contributed by atoms with Crippen molar-refractivity contribution in [2.75, 3.05) is 13.3 Å². The summed E-state index contributed by atoms with van der Waals surface area (Å²) in [5.41, 5.74) is -0.0731. The highest BCUT2D eigenvalue weighted by atomic mass is 19.1. The number of alkyl halides is 1. The monoisotopic (exact) mass is 148 g/mol. The van der Waals surface area contributed by atoms with Crippen LogP contribution in [0.1, 0.15) is 33.6 Å². The third kappa shape index (κ3) is 7.89. The summed E-state index contributed by atoms with van der Waals surface area (Å²) in [6, 6.07) is 0. The lowest BCUT2D eigenvalue weighted by molar-refractivity contribution is -0.00503. The molecule has 0 saturated carbocycles. The Kier molecular flexibility index (Phi) is 4.62. The predicted octanol–water partition coefficient (Wildman–Crippen LogP) is 2.55. The largest absolute Gasteiger partial charge is 0.376 e. The van der Waals surface area contributed by atoms with E-state index in [9.17, 15) is 4.39 Å². The van der Waals surface area contributed by atoms with Crippen molar-refractivity contribution in [1.29, 1.82) is 0 Å². The molecule has 0 amide bonds. The van der Waals surface area contributed by atoms with E-state index in [1.165, 1.54) is 0 Å². The summed E-state index contributed by atoms with van der Waals surface area (Å²) >= 11 is 0. The molecule has 0 heterocycles. The highest BCUT2D eigenvalue weighted by Gasteiger charge is 2.08. The van der Waals surface area contributed by atoms with Crippen LogP contribution < -0.4 is 0 Å². The molecule has 0 radical (unpaired) electrons.